The third-order valence-electron chi connectivity index (χ3n) is 2.45. The minimum atomic E-state index is -0.714. The molecule has 0 amide bonds. The largest absolute Gasteiger partial charge is 0.392 e. The second-order valence-electron chi connectivity index (χ2n) is 3.55. The van der Waals surface area contributed by atoms with Crippen LogP contribution in [0.1, 0.15) is 18.9 Å². The van der Waals surface area contributed by atoms with Gasteiger partial charge in [-0.15, -0.1) is 0 Å². The quantitative estimate of drug-likeness (QED) is 0.858. The number of aliphatic hydroxyl groups is 1. The first-order valence-electron chi connectivity index (χ1n) is 5.34. The number of nitrogens with zero attached hydrogens (tertiary/aromatic N) is 2. The monoisotopic (exact) mass is 240 g/mol. The molecule has 0 saturated carbocycles. The fraction of sp³-hybridized carbons (Fsp3) is 0.417. The predicted molar refractivity (Wildman–Crippen MR) is 60.4 cm³/mol. The Balaban J connectivity index is 3.07. The second-order valence-corrected chi connectivity index (χ2v) is 3.55. The molecule has 17 heavy (non-hydrogen) atoms. The third-order valence-corrected chi connectivity index (χ3v) is 2.45. The Morgan fingerprint density at radius 2 is 1.94 bits per heavy atom. The Labute approximate surface area is 98.9 Å². The average Bonchev–Trinajstić information content (AvgIpc) is 2.32. The van der Waals surface area contributed by atoms with Gasteiger partial charge in [0.05, 0.1) is 19.1 Å². The molecule has 0 fully saturated rings. The van der Waals surface area contributed by atoms with Crippen LogP contribution in [-0.4, -0.2) is 18.2 Å². The first-order chi connectivity index (χ1) is 8.13. The van der Waals surface area contributed by atoms with Crippen molar-refractivity contribution < 1.29 is 13.9 Å². The molecule has 1 rings (SSSR count). The summed E-state index contributed by atoms with van der Waals surface area (Å²) >= 11 is 0. The molecule has 0 radical (unpaired) electrons. The van der Waals surface area contributed by atoms with Crippen LogP contribution in [0.3, 0.4) is 0 Å². The van der Waals surface area contributed by atoms with E-state index in [0.717, 1.165) is 12.1 Å². The van der Waals surface area contributed by atoms with Crippen molar-refractivity contribution in [2.45, 2.75) is 20.0 Å². The molecule has 0 aliphatic rings. The number of hydrogen-bond donors (Lipinski definition) is 1. The van der Waals surface area contributed by atoms with E-state index in [9.17, 15) is 8.78 Å². The molecule has 0 atom stereocenters. The van der Waals surface area contributed by atoms with E-state index in [1.165, 1.54) is 4.90 Å². The van der Waals surface area contributed by atoms with Gasteiger partial charge in [0.1, 0.15) is 17.3 Å². The molecular weight excluding hydrogens is 226 g/mol. The molecule has 0 saturated heterocycles. The van der Waals surface area contributed by atoms with Gasteiger partial charge in [-0.1, -0.05) is 0 Å². The Bertz CT molecular complexity index is 406. The zero-order valence-electron chi connectivity index (χ0n) is 9.58. The fourth-order valence-corrected chi connectivity index (χ4v) is 1.62. The number of benzene rings is 1. The van der Waals surface area contributed by atoms with Crippen LogP contribution in [0.5, 0.6) is 0 Å². The molecule has 3 nitrogen and oxygen atoms in total. The van der Waals surface area contributed by atoms with Gasteiger partial charge in [-0.25, -0.2) is 8.78 Å². The lowest BCUT2D eigenvalue weighted by molar-refractivity contribution is 0.280. The highest BCUT2D eigenvalue weighted by Gasteiger charge is 2.16. The van der Waals surface area contributed by atoms with E-state index in [2.05, 4.69) is 0 Å². The minimum Gasteiger partial charge on any atom is -0.392 e. The second kappa shape index (κ2) is 6.16. The zero-order valence-corrected chi connectivity index (χ0v) is 9.58. The topological polar surface area (TPSA) is 47.3 Å². The van der Waals surface area contributed by atoms with E-state index in [0.29, 0.717) is 6.54 Å². The van der Waals surface area contributed by atoms with Gasteiger partial charge in [-0.3, -0.25) is 0 Å². The van der Waals surface area contributed by atoms with Crippen LogP contribution in [0.15, 0.2) is 12.1 Å². The van der Waals surface area contributed by atoms with Crippen molar-refractivity contribution in [1.82, 2.24) is 0 Å². The smallest absolute Gasteiger partial charge is 0.149 e. The summed E-state index contributed by atoms with van der Waals surface area (Å²) in [6, 6.07) is 4.15. The molecule has 0 unspecified atom stereocenters. The van der Waals surface area contributed by atoms with Crippen molar-refractivity contribution in [2.75, 3.05) is 18.0 Å². The summed E-state index contributed by atoms with van der Waals surface area (Å²) in [5.74, 6) is -1.43. The van der Waals surface area contributed by atoms with Crippen molar-refractivity contribution in [3.05, 3.63) is 29.3 Å². The number of aliphatic hydroxyl groups excluding tert-OH is 1. The molecule has 0 aromatic heterocycles. The molecule has 0 heterocycles. The average molecular weight is 240 g/mol. The van der Waals surface area contributed by atoms with Gasteiger partial charge >= 0.3 is 0 Å². The SMILES string of the molecule is CCN(CCC#N)c1c(F)cc(CO)cc1F. The van der Waals surface area contributed by atoms with Crippen LogP contribution in [0, 0.1) is 23.0 Å². The van der Waals surface area contributed by atoms with Crippen LogP contribution in [-0.2, 0) is 6.61 Å². The van der Waals surface area contributed by atoms with E-state index in [-0.39, 0.29) is 24.2 Å². The molecule has 0 aliphatic heterocycles. The Kier molecular flexibility index (Phi) is 4.85. The van der Waals surface area contributed by atoms with Crippen molar-refractivity contribution in [1.29, 1.82) is 5.26 Å². The highest BCUT2D eigenvalue weighted by atomic mass is 19.1. The van der Waals surface area contributed by atoms with E-state index < -0.39 is 18.2 Å². The normalized spacial score (nSPS) is 10.1. The Morgan fingerprint density at radius 1 is 1.35 bits per heavy atom. The van der Waals surface area contributed by atoms with Crippen molar-refractivity contribution >= 4 is 5.69 Å². The molecule has 1 aromatic rings. The summed E-state index contributed by atoms with van der Waals surface area (Å²) in [6.45, 7) is 2.04. The van der Waals surface area contributed by atoms with Gasteiger partial charge in [0.25, 0.3) is 0 Å². The maximum atomic E-state index is 13.7. The first kappa shape index (κ1) is 13.4. The van der Waals surface area contributed by atoms with Gasteiger partial charge in [0.15, 0.2) is 0 Å². The number of nitriles is 1. The third kappa shape index (κ3) is 3.14. The van der Waals surface area contributed by atoms with E-state index >= 15 is 0 Å². The highest BCUT2D eigenvalue weighted by Crippen LogP contribution is 2.25. The number of hydrogen-bond acceptors (Lipinski definition) is 3. The van der Waals surface area contributed by atoms with Gasteiger partial charge < -0.3 is 10.0 Å². The molecule has 0 spiro atoms. The standard InChI is InChI=1S/C12H14F2N2O/c1-2-16(5-3-4-15)12-10(13)6-9(8-17)7-11(12)14/h6-7,17H,2-3,5,8H2,1H3. The fourth-order valence-electron chi connectivity index (χ4n) is 1.62. The maximum absolute atomic E-state index is 13.7. The van der Waals surface area contributed by atoms with Gasteiger partial charge in [0.2, 0.25) is 0 Å². The summed E-state index contributed by atoms with van der Waals surface area (Å²) in [5, 5.41) is 17.3. The minimum absolute atomic E-state index is 0.139. The van der Waals surface area contributed by atoms with Gasteiger partial charge in [-0.05, 0) is 24.6 Å². The van der Waals surface area contributed by atoms with Crippen LogP contribution < -0.4 is 4.90 Å². The molecule has 1 N–H and O–H groups in total. The molecular formula is C12H14F2N2O. The van der Waals surface area contributed by atoms with E-state index in [4.69, 9.17) is 10.4 Å². The molecule has 0 aliphatic carbocycles. The van der Waals surface area contributed by atoms with Crippen LogP contribution in [0.4, 0.5) is 14.5 Å². The van der Waals surface area contributed by atoms with Crippen molar-refractivity contribution in [2.24, 2.45) is 0 Å². The summed E-state index contributed by atoms with van der Waals surface area (Å²) in [7, 11) is 0. The lowest BCUT2D eigenvalue weighted by atomic mass is 10.1. The lowest BCUT2D eigenvalue weighted by Crippen LogP contribution is -2.26. The predicted octanol–water partition coefficient (Wildman–Crippen LogP) is 2.20. The van der Waals surface area contributed by atoms with Crippen LogP contribution in [0.2, 0.25) is 0 Å². The van der Waals surface area contributed by atoms with Crippen LogP contribution >= 0.6 is 0 Å². The summed E-state index contributed by atoms with van der Waals surface area (Å²) in [5.41, 5.74) is 0.0556. The molecule has 1 aromatic carbocycles. The van der Waals surface area contributed by atoms with Gasteiger partial charge in [-0.2, -0.15) is 5.26 Å². The van der Waals surface area contributed by atoms with E-state index in [1.807, 2.05) is 6.07 Å². The van der Waals surface area contributed by atoms with Gasteiger partial charge in [0, 0.05) is 13.1 Å². The molecule has 92 valence electrons. The number of rotatable bonds is 5. The summed E-state index contributed by atoms with van der Waals surface area (Å²) < 4.78 is 27.4. The van der Waals surface area contributed by atoms with E-state index in [1.54, 1.807) is 6.92 Å². The number of halogens is 2. The molecule has 0 bridgehead atoms. The first-order valence-corrected chi connectivity index (χ1v) is 5.34. The summed E-state index contributed by atoms with van der Waals surface area (Å²) in [6.07, 6.45) is 0.203. The lowest BCUT2D eigenvalue weighted by Gasteiger charge is -2.23. The highest BCUT2D eigenvalue weighted by molar-refractivity contribution is 5.50. The molecule has 5 heteroatoms. The Hall–Kier alpha value is -1.67. The maximum Gasteiger partial charge on any atom is 0.149 e. The Morgan fingerprint density at radius 3 is 2.35 bits per heavy atom. The summed E-state index contributed by atoms with van der Waals surface area (Å²) in [4.78, 5) is 1.47. The van der Waals surface area contributed by atoms with Crippen LogP contribution in [0.25, 0.3) is 0 Å². The van der Waals surface area contributed by atoms with Crippen molar-refractivity contribution in [3.8, 4) is 6.07 Å². The van der Waals surface area contributed by atoms with Crippen molar-refractivity contribution in [3.63, 3.8) is 0 Å². The zero-order chi connectivity index (χ0) is 12.8. The number of anilines is 1.